The summed E-state index contributed by atoms with van der Waals surface area (Å²) in [4.78, 5) is 9.07. The molecule has 6 nitrogen and oxygen atoms in total. The zero-order valence-corrected chi connectivity index (χ0v) is 21.5. The van der Waals surface area contributed by atoms with E-state index in [9.17, 15) is 0 Å². The van der Waals surface area contributed by atoms with Gasteiger partial charge in [0.05, 0.1) is 13.7 Å². The third-order valence-electron chi connectivity index (χ3n) is 4.95. The van der Waals surface area contributed by atoms with Gasteiger partial charge in [0.15, 0.2) is 5.96 Å². The van der Waals surface area contributed by atoms with Crippen LogP contribution in [0.2, 0.25) is 0 Å². The summed E-state index contributed by atoms with van der Waals surface area (Å²) in [6, 6.07) is 12.1. The summed E-state index contributed by atoms with van der Waals surface area (Å²) in [5.41, 5.74) is 2.38. The van der Waals surface area contributed by atoms with Crippen LogP contribution in [0.15, 0.2) is 53.8 Å². The van der Waals surface area contributed by atoms with Gasteiger partial charge in [0.2, 0.25) is 0 Å². The van der Waals surface area contributed by atoms with E-state index in [2.05, 4.69) is 35.5 Å². The van der Waals surface area contributed by atoms with Crippen LogP contribution in [-0.2, 0) is 11.3 Å². The van der Waals surface area contributed by atoms with Gasteiger partial charge in [-0.25, -0.2) is 4.99 Å². The third-order valence-corrected chi connectivity index (χ3v) is 4.95. The van der Waals surface area contributed by atoms with Crippen LogP contribution in [0.3, 0.4) is 0 Å². The number of aromatic nitrogens is 1. The lowest BCUT2D eigenvalue weighted by Gasteiger charge is -2.23. The maximum absolute atomic E-state index is 5.43. The number of benzene rings is 1. The van der Waals surface area contributed by atoms with Crippen molar-refractivity contribution in [2.75, 3.05) is 33.4 Å². The first-order valence-electron chi connectivity index (χ1n) is 10.8. The smallest absolute Gasteiger partial charge is 0.191 e. The van der Waals surface area contributed by atoms with Crippen molar-refractivity contribution in [1.82, 2.24) is 15.6 Å². The van der Waals surface area contributed by atoms with Crippen LogP contribution in [0, 0.1) is 5.92 Å². The highest BCUT2D eigenvalue weighted by molar-refractivity contribution is 14.0. The molecule has 0 aliphatic rings. The summed E-state index contributed by atoms with van der Waals surface area (Å²) in [7, 11) is 1.68. The molecule has 2 N–H and O–H groups in total. The molecule has 31 heavy (non-hydrogen) atoms. The molecule has 1 unspecified atom stereocenters. The van der Waals surface area contributed by atoms with Gasteiger partial charge in [0.25, 0.3) is 0 Å². The highest BCUT2D eigenvalue weighted by Crippen LogP contribution is 2.22. The Hall–Kier alpha value is -1.87. The number of nitrogens with one attached hydrogen (secondary N) is 2. The number of pyridine rings is 1. The van der Waals surface area contributed by atoms with Crippen LogP contribution < -0.4 is 15.4 Å². The van der Waals surface area contributed by atoms with Gasteiger partial charge in [-0.05, 0) is 48.6 Å². The molecule has 0 saturated carbocycles. The molecule has 1 atom stereocenters. The summed E-state index contributed by atoms with van der Waals surface area (Å²) >= 11 is 0. The second kappa shape index (κ2) is 15.9. The third kappa shape index (κ3) is 10.3. The lowest BCUT2D eigenvalue weighted by molar-refractivity contribution is 0.145. The van der Waals surface area contributed by atoms with Crippen LogP contribution >= 0.6 is 24.0 Å². The van der Waals surface area contributed by atoms with Gasteiger partial charge < -0.3 is 20.1 Å². The highest BCUT2D eigenvalue weighted by atomic mass is 127. The quantitative estimate of drug-likeness (QED) is 0.178. The minimum absolute atomic E-state index is 0. The number of guanidine groups is 1. The van der Waals surface area contributed by atoms with Crippen molar-refractivity contribution in [2.24, 2.45) is 10.9 Å². The Morgan fingerprint density at radius 2 is 1.90 bits per heavy atom. The van der Waals surface area contributed by atoms with Crippen molar-refractivity contribution in [3.05, 3.63) is 59.9 Å². The van der Waals surface area contributed by atoms with Crippen molar-refractivity contribution >= 4 is 29.9 Å². The Morgan fingerprint density at radius 3 is 2.52 bits per heavy atom. The predicted octanol–water partition coefficient (Wildman–Crippen LogP) is 4.61. The molecule has 2 rings (SSSR count). The van der Waals surface area contributed by atoms with E-state index in [1.165, 1.54) is 5.56 Å². The van der Waals surface area contributed by atoms with Crippen LogP contribution in [0.4, 0.5) is 0 Å². The Balaban J connectivity index is 0.00000480. The Labute approximate surface area is 204 Å². The van der Waals surface area contributed by atoms with Crippen LogP contribution in [0.25, 0.3) is 0 Å². The maximum Gasteiger partial charge on any atom is 0.191 e. The summed E-state index contributed by atoms with van der Waals surface area (Å²) in [5.74, 6) is 2.51. The van der Waals surface area contributed by atoms with Crippen molar-refractivity contribution in [2.45, 2.75) is 39.7 Å². The number of rotatable bonds is 12. The van der Waals surface area contributed by atoms with Gasteiger partial charge in [-0.15, -0.1) is 24.0 Å². The normalized spacial score (nSPS) is 12.2. The van der Waals surface area contributed by atoms with E-state index >= 15 is 0 Å². The van der Waals surface area contributed by atoms with E-state index in [-0.39, 0.29) is 24.0 Å². The van der Waals surface area contributed by atoms with E-state index in [4.69, 9.17) is 14.5 Å². The zero-order valence-electron chi connectivity index (χ0n) is 19.1. The molecule has 1 aromatic heterocycles. The SMILES string of the molecule is CCOCCCNC(=NCc1ccc(OC)cc1)NCC(c1cccnc1)C(C)C.I. The second-order valence-corrected chi connectivity index (χ2v) is 7.51. The molecular formula is C24H37IN4O2. The van der Waals surface area contributed by atoms with Gasteiger partial charge in [-0.2, -0.15) is 0 Å². The van der Waals surface area contributed by atoms with Crippen LogP contribution in [0.1, 0.15) is 44.2 Å². The molecule has 0 aliphatic carbocycles. The predicted molar refractivity (Wildman–Crippen MR) is 138 cm³/mol. The molecule has 0 radical (unpaired) electrons. The Morgan fingerprint density at radius 1 is 1.13 bits per heavy atom. The summed E-state index contributed by atoms with van der Waals surface area (Å²) in [6.07, 6.45) is 4.71. The number of halogens is 1. The molecule has 0 fully saturated rings. The van der Waals surface area contributed by atoms with E-state index in [1.54, 1.807) is 7.11 Å². The molecule has 0 aliphatic heterocycles. The van der Waals surface area contributed by atoms with Crippen molar-refractivity contribution in [3.63, 3.8) is 0 Å². The van der Waals surface area contributed by atoms with Gasteiger partial charge >= 0.3 is 0 Å². The van der Waals surface area contributed by atoms with Crippen LogP contribution in [0.5, 0.6) is 5.75 Å². The first-order chi connectivity index (χ1) is 14.6. The average Bonchev–Trinajstić information content (AvgIpc) is 2.77. The molecule has 7 heteroatoms. The molecule has 1 aromatic carbocycles. The monoisotopic (exact) mass is 540 g/mol. The number of nitrogens with zero attached hydrogens (tertiary/aromatic N) is 2. The minimum Gasteiger partial charge on any atom is -0.497 e. The van der Waals surface area contributed by atoms with Crippen LogP contribution in [-0.4, -0.2) is 44.4 Å². The standard InChI is InChI=1S/C24H36N4O2.HI/c1-5-30-15-7-14-26-24(27-16-20-9-11-22(29-4)12-10-20)28-18-23(19(2)3)21-8-6-13-25-17-21;/h6,8-13,17,19,23H,5,7,14-16,18H2,1-4H3,(H2,26,27,28);1H. The zero-order chi connectivity index (χ0) is 21.6. The van der Waals surface area contributed by atoms with E-state index in [1.807, 2.05) is 49.6 Å². The van der Waals surface area contributed by atoms with Crippen molar-refractivity contribution < 1.29 is 9.47 Å². The fourth-order valence-corrected chi connectivity index (χ4v) is 3.14. The first-order valence-corrected chi connectivity index (χ1v) is 10.8. The van der Waals surface area contributed by atoms with Gasteiger partial charge in [0, 0.05) is 44.6 Å². The summed E-state index contributed by atoms with van der Waals surface area (Å²) in [5, 5.41) is 6.96. The Bertz CT molecular complexity index is 739. The number of hydrogen-bond donors (Lipinski definition) is 2. The topological polar surface area (TPSA) is 67.8 Å². The largest absolute Gasteiger partial charge is 0.497 e. The number of ether oxygens (including phenoxy) is 2. The average molecular weight is 540 g/mol. The fourth-order valence-electron chi connectivity index (χ4n) is 3.14. The van der Waals surface area contributed by atoms with Crippen molar-refractivity contribution in [3.8, 4) is 5.75 Å². The second-order valence-electron chi connectivity index (χ2n) is 7.51. The Kier molecular flexibility index (Phi) is 13.9. The molecule has 2 aromatic rings. The van der Waals surface area contributed by atoms with E-state index in [0.29, 0.717) is 18.4 Å². The summed E-state index contributed by atoms with van der Waals surface area (Å²) in [6.45, 7) is 10.2. The van der Waals surface area contributed by atoms with E-state index < -0.39 is 0 Å². The molecular weight excluding hydrogens is 503 g/mol. The molecule has 0 saturated heterocycles. The summed E-state index contributed by atoms with van der Waals surface area (Å²) < 4.78 is 10.7. The number of aliphatic imine (C=N–C) groups is 1. The lowest BCUT2D eigenvalue weighted by atomic mass is 9.89. The molecule has 0 spiro atoms. The van der Waals surface area contributed by atoms with Gasteiger partial charge in [-0.1, -0.05) is 32.0 Å². The molecule has 0 amide bonds. The minimum atomic E-state index is 0. The van der Waals surface area contributed by atoms with Gasteiger partial charge in [0.1, 0.15) is 5.75 Å². The van der Waals surface area contributed by atoms with Crippen molar-refractivity contribution in [1.29, 1.82) is 0 Å². The first kappa shape index (κ1) is 27.2. The number of methoxy groups -OCH3 is 1. The van der Waals surface area contributed by atoms with Gasteiger partial charge in [-0.3, -0.25) is 4.98 Å². The lowest BCUT2D eigenvalue weighted by Crippen LogP contribution is -2.41. The maximum atomic E-state index is 5.43. The highest BCUT2D eigenvalue weighted by Gasteiger charge is 2.16. The molecule has 0 bridgehead atoms. The molecule has 1 heterocycles. The fraction of sp³-hybridized carbons (Fsp3) is 0.500. The molecule has 172 valence electrons. The van der Waals surface area contributed by atoms with E-state index in [0.717, 1.165) is 50.0 Å². The number of hydrogen-bond acceptors (Lipinski definition) is 4.